The van der Waals surface area contributed by atoms with Crippen LogP contribution in [-0.4, -0.2) is 28.5 Å². The van der Waals surface area contributed by atoms with Crippen molar-refractivity contribution in [3.63, 3.8) is 0 Å². The number of Topliss-reactive ketones (excluding diaryl/α,β-unsaturated/α-hetero) is 2. The molecule has 0 bridgehead atoms. The monoisotopic (exact) mass is 406 g/mol. The molecule has 3 aromatic rings. The molecule has 3 rings (SSSR count). The van der Waals surface area contributed by atoms with Crippen molar-refractivity contribution < 1.29 is 19.1 Å². The van der Waals surface area contributed by atoms with Gasteiger partial charge >= 0.3 is 0 Å². The number of hydrogen-bond donors (Lipinski definition) is 1. The molecule has 6 heteroatoms. The average Bonchev–Trinajstić information content (AvgIpc) is 3.13. The molecule has 0 spiro atoms. The van der Waals surface area contributed by atoms with Gasteiger partial charge in [0.15, 0.2) is 0 Å². The number of benzene rings is 1. The summed E-state index contributed by atoms with van der Waals surface area (Å²) in [5.74, 6) is -1.94. The maximum Gasteiger partial charge on any atom is 0.289 e. The molecule has 0 aliphatic carbocycles. The molecule has 0 radical (unpaired) electrons. The first-order valence-corrected chi connectivity index (χ1v) is 10.1. The number of pyridine rings is 1. The fourth-order valence-corrected chi connectivity index (χ4v) is 3.64. The lowest BCUT2D eigenvalue weighted by molar-refractivity contribution is -0.123. The first-order valence-electron chi connectivity index (χ1n) is 10.1. The Balaban J connectivity index is 1.77. The van der Waals surface area contributed by atoms with E-state index in [-0.39, 0.29) is 17.3 Å². The predicted molar refractivity (Wildman–Crippen MR) is 114 cm³/mol. The molecule has 1 atom stereocenters. The maximum absolute atomic E-state index is 12.6. The fourth-order valence-electron chi connectivity index (χ4n) is 3.64. The van der Waals surface area contributed by atoms with E-state index in [1.54, 1.807) is 28.9 Å². The van der Waals surface area contributed by atoms with Crippen molar-refractivity contribution in [2.24, 2.45) is 11.7 Å². The van der Waals surface area contributed by atoms with E-state index < -0.39 is 11.7 Å². The van der Waals surface area contributed by atoms with Crippen molar-refractivity contribution in [2.45, 2.75) is 32.8 Å². The Kier molecular flexibility index (Phi) is 7.14. The predicted octanol–water partition coefficient (Wildman–Crippen LogP) is 3.35. The van der Waals surface area contributed by atoms with E-state index in [1.165, 1.54) is 0 Å². The van der Waals surface area contributed by atoms with Crippen LogP contribution in [0.5, 0.6) is 0 Å². The Morgan fingerprint density at radius 2 is 1.80 bits per heavy atom. The number of nitrogens with two attached hydrogens (primary N) is 1. The van der Waals surface area contributed by atoms with Crippen molar-refractivity contribution in [3.8, 4) is 0 Å². The molecule has 2 aromatic heterocycles. The van der Waals surface area contributed by atoms with Crippen LogP contribution in [0.15, 0.2) is 60.9 Å². The van der Waals surface area contributed by atoms with E-state index >= 15 is 0 Å². The lowest BCUT2D eigenvalue weighted by Gasteiger charge is -2.15. The summed E-state index contributed by atoms with van der Waals surface area (Å²) in [4.78, 5) is 36.6. The van der Waals surface area contributed by atoms with Gasteiger partial charge in [0.05, 0.1) is 17.7 Å². The third-order valence-electron chi connectivity index (χ3n) is 5.21. The van der Waals surface area contributed by atoms with E-state index in [9.17, 15) is 14.4 Å². The highest BCUT2D eigenvalue weighted by atomic mass is 16.5. The second kappa shape index (κ2) is 9.98. The second-order valence-electron chi connectivity index (χ2n) is 7.26. The molecule has 0 aliphatic heterocycles. The number of carbonyl (C=O) groups is 3. The van der Waals surface area contributed by atoms with Gasteiger partial charge in [-0.15, -0.1) is 0 Å². The maximum atomic E-state index is 12.6. The van der Waals surface area contributed by atoms with Crippen LogP contribution in [0.25, 0.3) is 5.52 Å². The van der Waals surface area contributed by atoms with Crippen LogP contribution in [-0.2, 0) is 27.4 Å². The Morgan fingerprint density at radius 1 is 1.07 bits per heavy atom. The van der Waals surface area contributed by atoms with Crippen molar-refractivity contribution in [2.75, 3.05) is 6.61 Å². The minimum Gasteiger partial charge on any atom is -0.377 e. The van der Waals surface area contributed by atoms with Crippen molar-refractivity contribution in [1.29, 1.82) is 0 Å². The SMILES string of the molecule is CCC(=O)C(CCOCc1ccccc1)Cc1cn2ccccc2c1C(=O)C(N)=O. The van der Waals surface area contributed by atoms with Crippen LogP contribution in [0.1, 0.15) is 41.3 Å². The largest absolute Gasteiger partial charge is 0.377 e. The molecular weight excluding hydrogens is 380 g/mol. The smallest absolute Gasteiger partial charge is 0.289 e. The molecule has 0 saturated heterocycles. The van der Waals surface area contributed by atoms with Gasteiger partial charge in [0, 0.05) is 31.3 Å². The molecule has 1 aromatic carbocycles. The van der Waals surface area contributed by atoms with Gasteiger partial charge < -0.3 is 14.9 Å². The van der Waals surface area contributed by atoms with Crippen LogP contribution in [0.2, 0.25) is 0 Å². The summed E-state index contributed by atoms with van der Waals surface area (Å²) in [5.41, 5.74) is 7.89. The molecular formula is C24H26N2O4. The van der Waals surface area contributed by atoms with Gasteiger partial charge in [-0.3, -0.25) is 14.4 Å². The summed E-state index contributed by atoms with van der Waals surface area (Å²) in [6.07, 6.45) is 4.89. The Bertz CT molecular complexity index is 1040. The summed E-state index contributed by atoms with van der Waals surface area (Å²) >= 11 is 0. The number of amides is 1. The van der Waals surface area contributed by atoms with Crippen LogP contribution in [0.3, 0.4) is 0 Å². The van der Waals surface area contributed by atoms with Crippen molar-refractivity contribution in [3.05, 3.63) is 77.6 Å². The molecule has 1 amide bonds. The zero-order valence-corrected chi connectivity index (χ0v) is 17.0. The molecule has 0 fully saturated rings. The minimum atomic E-state index is -1.00. The molecule has 2 heterocycles. The van der Waals surface area contributed by atoms with Gasteiger partial charge in [-0.1, -0.05) is 43.3 Å². The Morgan fingerprint density at radius 3 is 2.50 bits per heavy atom. The highest BCUT2D eigenvalue weighted by Crippen LogP contribution is 2.24. The van der Waals surface area contributed by atoms with Gasteiger partial charge in [0.2, 0.25) is 0 Å². The van der Waals surface area contributed by atoms with E-state index in [2.05, 4.69) is 0 Å². The number of ketones is 2. The molecule has 30 heavy (non-hydrogen) atoms. The highest BCUT2D eigenvalue weighted by molar-refractivity contribution is 6.44. The van der Waals surface area contributed by atoms with Gasteiger partial charge in [-0.25, -0.2) is 0 Å². The molecule has 1 unspecified atom stereocenters. The number of rotatable bonds is 11. The lowest BCUT2D eigenvalue weighted by Crippen LogP contribution is -2.25. The molecule has 0 aliphatic rings. The number of nitrogens with zero attached hydrogens (tertiary/aromatic N) is 1. The lowest BCUT2D eigenvalue weighted by atomic mass is 9.89. The second-order valence-corrected chi connectivity index (χ2v) is 7.26. The zero-order valence-electron chi connectivity index (χ0n) is 17.0. The summed E-state index contributed by atoms with van der Waals surface area (Å²) in [5, 5.41) is 0. The number of aromatic nitrogens is 1. The van der Waals surface area contributed by atoms with Crippen molar-refractivity contribution >= 4 is 23.0 Å². The minimum absolute atomic E-state index is 0.103. The quantitative estimate of drug-likeness (QED) is 0.300. The average molecular weight is 406 g/mol. The number of fused-ring (bicyclic) bond motifs is 1. The van der Waals surface area contributed by atoms with Crippen molar-refractivity contribution in [1.82, 2.24) is 4.40 Å². The molecule has 156 valence electrons. The first kappa shape index (κ1) is 21.5. The number of ether oxygens (including phenoxy) is 1. The number of carbonyl (C=O) groups excluding carboxylic acids is 3. The first-order chi connectivity index (χ1) is 14.5. The van der Waals surface area contributed by atoms with E-state index in [0.29, 0.717) is 43.6 Å². The Labute approximate surface area is 175 Å². The summed E-state index contributed by atoms with van der Waals surface area (Å²) in [6, 6.07) is 15.2. The summed E-state index contributed by atoms with van der Waals surface area (Å²) in [7, 11) is 0. The van der Waals surface area contributed by atoms with E-state index in [1.807, 2.05) is 43.3 Å². The fraction of sp³-hybridized carbons (Fsp3) is 0.292. The Hall–Kier alpha value is -3.25. The van der Waals surface area contributed by atoms with Gasteiger partial charge in [0.1, 0.15) is 5.78 Å². The zero-order chi connectivity index (χ0) is 21.5. The van der Waals surface area contributed by atoms with Crippen LogP contribution >= 0.6 is 0 Å². The van der Waals surface area contributed by atoms with Crippen LogP contribution < -0.4 is 5.73 Å². The molecule has 6 nitrogen and oxygen atoms in total. The topological polar surface area (TPSA) is 90.9 Å². The third kappa shape index (κ3) is 5.02. The highest BCUT2D eigenvalue weighted by Gasteiger charge is 2.25. The van der Waals surface area contributed by atoms with Gasteiger partial charge in [-0.05, 0) is 36.1 Å². The number of hydrogen-bond acceptors (Lipinski definition) is 4. The molecule has 2 N–H and O–H groups in total. The van der Waals surface area contributed by atoms with Gasteiger partial charge in [0.25, 0.3) is 11.7 Å². The standard InChI is InChI=1S/C24H26N2O4/c1-2-21(27)18(11-13-30-16-17-8-4-3-5-9-17)14-19-15-26-12-7-6-10-20(26)22(19)23(28)24(25)29/h3-10,12,15,18H,2,11,13-14,16H2,1H3,(H2,25,29). The van der Waals surface area contributed by atoms with Gasteiger partial charge in [-0.2, -0.15) is 0 Å². The van der Waals surface area contributed by atoms with E-state index in [0.717, 1.165) is 5.56 Å². The molecule has 0 saturated carbocycles. The summed E-state index contributed by atoms with van der Waals surface area (Å²) in [6.45, 7) is 2.74. The normalized spacial score (nSPS) is 12.0. The van der Waals surface area contributed by atoms with E-state index in [4.69, 9.17) is 10.5 Å². The number of primary amides is 1. The summed E-state index contributed by atoms with van der Waals surface area (Å²) < 4.78 is 7.54. The van der Waals surface area contributed by atoms with Crippen LogP contribution in [0.4, 0.5) is 0 Å². The third-order valence-corrected chi connectivity index (χ3v) is 5.21. The van der Waals surface area contributed by atoms with Crippen LogP contribution in [0, 0.1) is 5.92 Å².